The lowest BCUT2D eigenvalue weighted by Gasteiger charge is -2.32. The molecule has 0 aromatic heterocycles. The summed E-state index contributed by atoms with van der Waals surface area (Å²) in [6.45, 7) is 11.7. The second kappa shape index (κ2) is 4.55. The second-order valence-corrected chi connectivity index (χ2v) is 6.63. The normalized spacial score (nSPS) is 13.5. The highest BCUT2D eigenvalue weighted by molar-refractivity contribution is 7.98. The summed E-state index contributed by atoms with van der Waals surface area (Å²) in [6.07, 6.45) is 4.85. The van der Waals surface area contributed by atoms with Crippen LogP contribution in [0.3, 0.4) is 0 Å². The molecule has 0 nitrogen and oxygen atoms in total. The van der Waals surface area contributed by atoms with Crippen LogP contribution in [-0.2, 0) is 0 Å². The van der Waals surface area contributed by atoms with E-state index in [1.54, 1.807) is 0 Å². The van der Waals surface area contributed by atoms with E-state index in [0.717, 1.165) is 0 Å². The van der Waals surface area contributed by atoms with Crippen LogP contribution in [0.1, 0.15) is 47.5 Å². The average molecular weight is 188 g/mol. The Balaban J connectivity index is 3.86. The first-order chi connectivity index (χ1) is 5.27. The zero-order valence-corrected chi connectivity index (χ0v) is 10.3. The van der Waals surface area contributed by atoms with Gasteiger partial charge in [-0.2, -0.15) is 11.8 Å². The Kier molecular flexibility index (Phi) is 4.68. The molecule has 0 spiro atoms. The molecule has 0 atom stereocenters. The van der Waals surface area contributed by atoms with Gasteiger partial charge in [-0.25, -0.2) is 0 Å². The van der Waals surface area contributed by atoms with Crippen LogP contribution in [0, 0.1) is 10.8 Å². The van der Waals surface area contributed by atoms with E-state index >= 15 is 0 Å². The molecule has 0 aliphatic rings. The smallest absolute Gasteiger partial charge is 0.00652 e. The van der Waals surface area contributed by atoms with Crippen molar-refractivity contribution in [2.45, 2.75) is 47.5 Å². The predicted octanol–water partition coefficient (Wildman–Crippen LogP) is 4.20. The van der Waals surface area contributed by atoms with E-state index in [4.69, 9.17) is 0 Å². The first kappa shape index (κ1) is 12.3. The van der Waals surface area contributed by atoms with Gasteiger partial charge in [0.05, 0.1) is 0 Å². The number of hydrogen-bond acceptors (Lipinski definition) is 1. The third-order valence-electron chi connectivity index (χ3n) is 1.99. The van der Waals surface area contributed by atoms with Crippen LogP contribution in [0.4, 0.5) is 0 Å². The molecule has 0 aliphatic carbocycles. The monoisotopic (exact) mass is 188 g/mol. The van der Waals surface area contributed by atoms with Crippen LogP contribution in [-0.4, -0.2) is 12.0 Å². The molecule has 0 unspecified atom stereocenters. The molecule has 0 saturated carbocycles. The van der Waals surface area contributed by atoms with E-state index in [9.17, 15) is 0 Å². The summed E-state index contributed by atoms with van der Waals surface area (Å²) in [5.74, 6) is 1.29. The van der Waals surface area contributed by atoms with Crippen molar-refractivity contribution in [2.24, 2.45) is 10.8 Å². The standard InChI is InChI=1S/C11H24S/c1-10(2,3)9-11(4,5)7-8-12-6/h7-9H2,1-6H3. The van der Waals surface area contributed by atoms with Crippen molar-refractivity contribution in [3.63, 3.8) is 0 Å². The molecule has 74 valence electrons. The van der Waals surface area contributed by atoms with Gasteiger partial charge in [0.2, 0.25) is 0 Å². The molecule has 0 fully saturated rings. The van der Waals surface area contributed by atoms with Gasteiger partial charge in [-0.1, -0.05) is 34.6 Å². The number of thioether (sulfide) groups is 1. The molecule has 0 heterocycles. The van der Waals surface area contributed by atoms with Gasteiger partial charge >= 0.3 is 0 Å². The summed E-state index contributed by atoms with van der Waals surface area (Å²) >= 11 is 1.95. The summed E-state index contributed by atoms with van der Waals surface area (Å²) in [6, 6.07) is 0. The third-order valence-corrected chi connectivity index (χ3v) is 2.60. The summed E-state index contributed by atoms with van der Waals surface area (Å²) < 4.78 is 0. The molecule has 0 radical (unpaired) electrons. The first-order valence-corrected chi connectivity index (χ1v) is 6.15. The minimum Gasteiger partial charge on any atom is -0.165 e. The van der Waals surface area contributed by atoms with Gasteiger partial charge in [0.15, 0.2) is 0 Å². The molecular weight excluding hydrogens is 164 g/mol. The van der Waals surface area contributed by atoms with Crippen molar-refractivity contribution in [2.75, 3.05) is 12.0 Å². The molecule has 0 aromatic carbocycles. The molecule has 0 saturated heterocycles. The first-order valence-electron chi connectivity index (χ1n) is 4.76. The van der Waals surface area contributed by atoms with E-state index in [2.05, 4.69) is 40.9 Å². The Labute approximate surface area is 82.5 Å². The molecule has 12 heavy (non-hydrogen) atoms. The summed E-state index contributed by atoms with van der Waals surface area (Å²) in [5.41, 5.74) is 0.989. The Hall–Kier alpha value is 0.350. The van der Waals surface area contributed by atoms with Gasteiger partial charge in [0.25, 0.3) is 0 Å². The zero-order chi connectivity index (χ0) is 9.83. The van der Waals surface area contributed by atoms with Crippen molar-refractivity contribution in [3.05, 3.63) is 0 Å². The number of rotatable bonds is 4. The van der Waals surface area contributed by atoms with E-state index < -0.39 is 0 Å². The highest BCUT2D eigenvalue weighted by Crippen LogP contribution is 2.36. The second-order valence-electron chi connectivity index (χ2n) is 5.64. The van der Waals surface area contributed by atoms with Gasteiger partial charge in [-0.05, 0) is 35.7 Å². The Morgan fingerprint density at radius 3 is 1.83 bits per heavy atom. The van der Waals surface area contributed by atoms with Gasteiger partial charge in [0, 0.05) is 0 Å². The minimum absolute atomic E-state index is 0.474. The highest BCUT2D eigenvalue weighted by atomic mass is 32.2. The Morgan fingerprint density at radius 1 is 1.00 bits per heavy atom. The van der Waals surface area contributed by atoms with E-state index in [1.807, 2.05) is 11.8 Å². The Bertz CT molecular complexity index is 119. The van der Waals surface area contributed by atoms with Gasteiger partial charge in [-0.3, -0.25) is 0 Å². The van der Waals surface area contributed by atoms with Crippen molar-refractivity contribution in [1.29, 1.82) is 0 Å². The average Bonchev–Trinajstić information content (AvgIpc) is 1.78. The number of hydrogen-bond donors (Lipinski definition) is 0. The van der Waals surface area contributed by atoms with Crippen molar-refractivity contribution in [3.8, 4) is 0 Å². The highest BCUT2D eigenvalue weighted by Gasteiger charge is 2.24. The lowest BCUT2D eigenvalue weighted by Crippen LogP contribution is -2.21. The van der Waals surface area contributed by atoms with Crippen LogP contribution < -0.4 is 0 Å². The fourth-order valence-corrected chi connectivity index (χ4v) is 2.66. The van der Waals surface area contributed by atoms with E-state index in [0.29, 0.717) is 10.8 Å². The lowest BCUT2D eigenvalue weighted by molar-refractivity contribution is 0.207. The molecule has 0 aliphatic heterocycles. The fourth-order valence-electron chi connectivity index (χ4n) is 1.90. The van der Waals surface area contributed by atoms with Gasteiger partial charge in [0.1, 0.15) is 0 Å². The van der Waals surface area contributed by atoms with Gasteiger partial charge in [-0.15, -0.1) is 0 Å². The topological polar surface area (TPSA) is 0 Å². The van der Waals surface area contributed by atoms with E-state index in [1.165, 1.54) is 18.6 Å². The van der Waals surface area contributed by atoms with E-state index in [-0.39, 0.29) is 0 Å². The lowest BCUT2D eigenvalue weighted by atomic mass is 9.75. The Morgan fingerprint density at radius 2 is 1.50 bits per heavy atom. The van der Waals surface area contributed by atoms with Crippen LogP contribution >= 0.6 is 11.8 Å². The summed E-state index contributed by atoms with van der Waals surface area (Å²) in [4.78, 5) is 0. The van der Waals surface area contributed by atoms with Crippen LogP contribution in [0.2, 0.25) is 0 Å². The molecule has 0 N–H and O–H groups in total. The summed E-state index contributed by atoms with van der Waals surface area (Å²) in [7, 11) is 0. The van der Waals surface area contributed by atoms with Crippen LogP contribution in [0.25, 0.3) is 0 Å². The quantitative estimate of drug-likeness (QED) is 0.637. The third kappa shape index (κ3) is 7.02. The fraction of sp³-hybridized carbons (Fsp3) is 1.00. The molecule has 1 heteroatoms. The maximum atomic E-state index is 2.38. The molecule has 0 bridgehead atoms. The maximum Gasteiger partial charge on any atom is -0.00652 e. The SMILES string of the molecule is CSCCC(C)(C)CC(C)(C)C. The largest absolute Gasteiger partial charge is 0.165 e. The molecule has 0 rings (SSSR count). The predicted molar refractivity (Wildman–Crippen MR) is 60.9 cm³/mol. The van der Waals surface area contributed by atoms with Gasteiger partial charge < -0.3 is 0 Å². The summed E-state index contributed by atoms with van der Waals surface area (Å²) in [5, 5.41) is 0. The maximum absolute atomic E-state index is 2.38. The molecular formula is C11H24S. The molecule has 0 aromatic rings. The minimum atomic E-state index is 0.474. The molecule has 0 amide bonds. The van der Waals surface area contributed by atoms with Crippen LogP contribution in [0.15, 0.2) is 0 Å². The zero-order valence-electron chi connectivity index (χ0n) is 9.53. The van der Waals surface area contributed by atoms with Crippen molar-refractivity contribution >= 4 is 11.8 Å². The van der Waals surface area contributed by atoms with Crippen molar-refractivity contribution < 1.29 is 0 Å². The van der Waals surface area contributed by atoms with Crippen LogP contribution in [0.5, 0.6) is 0 Å². The van der Waals surface area contributed by atoms with Crippen molar-refractivity contribution in [1.82, 2.24) is 0 Å².